The molecule has 2 N–H and O–H groups in total. The average molecular weight is 398 g/mol. The smallest absolute Gasteiger partial charge is 0.321 e. The molecule has 0 saturated carbocycles. The Bertz CT molecular complexity index is 805. The monoisotopic (exact) mass is 397 g/mol. The number of carbonyl (C=O) groups is 1. The molecule has 1 unspecified atom stereocenters. The van der Waals surface area contributed by atoms with Crippen LogP contribution in [-0.2, 0) is 6.18 Å². The van der Waals surface area contributed by atoms with Crippen molar-refractivity contribution in [2.45, 2.75) is 25.2 Å². The van der Waals surface area contributed by atoms with E-state index in [1.165, 1.54) is 12.1 Å². The summed E-state index contributed by atoms with van der Waals surface area (Å²) in [7, 11) is 0. The van der Waals surface area contributed by atoms with E-state index in [4.69, 9.17) is 11.6 Å². The summed E-state index contributed by atoms with van der Waals surface area (Å²) in [6.07, 6.45) is -4.39. The van der Waals surface area contributed by atoms with Crippen LogP contribution in [-0.4, -0.2) is 30.1 Å². The second-order valence-electron chi connectivity index (χ2n) is 6.52. The lowest BCUT2D eigenvalue weighted by molar-refractivity contribution is -0.137. The molecule has 1 aliphatic rings. The molecule has 8 heteroatoms. The Morgan fingerprint density at radius 2 is 1.78 bits per heavy atom. The maximum atomic E-state index is 12.6. The van der Waals surface area contributed by atoms with Crippen LogP contribution in [0.1, 0.15) is 24.1 Å². The van der Waals surface area contributed by atoms with E-state index in [0.29, 0.717) is 23.8 Å². The van der Waals surface area contributed by atoms with Crippen molar-refractivity contribution < 1.29 is 18.0 Å². The maximum absolute atomic E-state index is 12.6. The molecule has 2 amide bonds. The fourth-order valence-electron chi connectivity index (χ4n) is 2.96. The highest BCUT2D eigenvalue weighted by Gasteiger charge is 2.32. The van der Waals surface area contributed by atoms with Gasteiger partial charge in [0.05, 0.1) is 5.56 Å². The van der Waals surface area contributed by atoms with E-state index in [2.05, 4.69) is 10.6 Å². The summed E-state index contributed by atoms with van der Waals surface area (Å²) in [6, 6.07) is 11.8. The minimum Gasteiger partial charge on any atom is -0.321 e. The van der Waals surface area contributed by atoms with Crippen molar-refractivity contribution in [2.24, 2.45) is 0 Å². The number of hydrogen-bond acceptors (Lipinski definition) is 2. The number of hydrogen-bond donors (Lipinski definition) is 2. The van der Waals surface area contributed by atoms with Crippen LogP contribution in [0.5, 0.6) is 0 Å². The zero-order valence-electron chi connectivity index (χ0n) is 14.6. The Hall–Kier alpha value is -2.25. The number of halogens is 4. The Labute approximate surface area is 160 Å². The summed E-state index contributed by atoms with van der Waals surface area (Å²) >= 11 is 6.19. The first-order chi connectivity index (χ1) is 12.7. The topological polar surface area (TPSA) is 44.4 Å². The van der Waals surface area contributed by atoms with Crippen LogP contribution in [0.15, 0.2) is 48.5 Å². The van der Waals surface area contributed by atoms with E-state index in [0.717, 1.165) is 17.7 Å². The molecule has 1 atom stereocenters. The number of benzene rings is 2. The van der Waals surface area contributed by atoms with Gasteiger partial charge in [-0.15, -0.1) is 0 Å². The first-order valence-electron chi connectivity index (χ1n) is 8.47. The lowest BCUT2D eigenvalue weighted by Crippen LogP contribution is -2.61. The fraction of sp³-hybridized carbons (Fsp3) is 0.316. The van der Waals surface area contributed by atoms with Crippen LogP contribution in [0.25, 0.3) is 0 Å². The standard InChI is InChI=1S/C19H19ClF3N3O/c1-12(16-4-2-3-5-17(16)20)24-15-10-26(11-15)18(27)25-14-8-6-13(7-9-14)19(21,22)23/h2-9,12,15,24H,10-11H2,1H3,(H,25,27). The normalized spacial score (nSPS) is 16.0. The summed E-state index contributed by atoms with van der Waals surface area (Å²) in [5.74, 6) is 0. The number of rotatable bonds is 4. The SMILES string of the molecule is CC(NC1CN(C(=O)Nc2ccc(C(F)(F)F)cc2)C1)c1ccccc1Cl. The molecular weight excluding hydrogens is 379 g/mol. The van der Waals surface area contributed by atoms with E-state index in [9.17, 15) is 18.0 Å². The molecule has 3 rings (SSSR count). The quantitative estimate of drug-likeness (QED) is 0.768. The van der Waals surface area contributed by atoms with Crippen molar-refractivity contribution in [2.75, 3.05) is 18.4 Å². The summed E-state index contributed by atoms with van der Waals surface area (Å²) in [6.45, 7) is 3.04. The summed E-state index contributed by atoms with van der Waals surface area (Å²) in [5.41, 5.74) is 0.572. The number of likely N-dealkylation sites (tertiary alicyclic amines) is 1. The minimum atomic E-state index is -4.39. The third-order valence-corrected chi connectivity index (χ3v) is 4.83. The summed E-state index contributed by atoms with van der Waals surface area (Å²) in [5, 5.41) is 6.71. The third kappa shape index (κ3) is 4.73. The highest BCUT2D eigenvalue weighted by atomic mass is 35.5. The van der Waals surface area contributed by atoms with E-state index in [-0.39, 0.29) is 18.1 Å². The molecule has 1 heterocycles. The van der Waals surface area contributed by atoms with Crippen LogP contribution < -0.4 is 10.6 Å². The maximum Gasteiger partial charge on any atom is 0.416 e. The Balaban J connectivity index is 1.48. The molecule has 4 nitrogen and oxygen atoms in total. The minimum absolute atomic E-state index is 0.0452. The second kappa shape index (κ2) is 7.78. The van der Waals surface area contributed by atoms with Crippen LogP contribution in [0.4, 0.5) is 23.7 Å². The third-order valence-electron chi connectivity index (χ3n) is 4.49. The molecular formula is C19H19ClF3N3O. The van der Waals surface area contributed by atoms with Crippen molar-refractivity contribution in [1.29, 1.82) is 0 Å². The number of anilines is 1. The van der Waals surface area contributed by atoms with Gasteiger partial charge in [0.2, 0.25) is 0 Å². The molecule has 0 bridgehead atoms. The van der Waals surface area contributed by atoms with Crippen LogP contribution in [0, 0.1) is 0 Å². The van der Waals surface area contributed by atoms with Crippen molar-refractivity contribution in [3.8, 4) is 0 Å². The van der Waals surface area contributed by atoms with Gasteiger partial charge in [0.25, 0.3) is 0 Å². The molecule has 1 aliphatic heterocycles. The van der Waals surface area contributed by atoms with Gasteiger partial charge >= 0.3 is 12.2 Å². The molecule has 1 fully saturated rings. The van der Waals surface area contributed by atoms with Crippen LogP contribution >= 0.6 is 11.6 Å². The molecule has 0 spiro atoms. The predicted molar refractivity (Wildman–Crippen MR) is 98.8 cm³/mol. The van der Waals surface area contributed by atoms with Crippen molar-refractivity contribution in [3.63, 3.8) is 0 Å². The zero-order valence-corrected chi connectivity index (χ0v) is 15.3. The predicted octanol–water partition coefficient (Wildman–Crippen LogP) is 4.93. The molecule has 2 aromatic rings. The number of alkyl halides is 3. The van der Waals surface area contributed by atoms with Gasteiger partial charge in [0.15, 0.2) is 0 Å². The molecule has 0 aliphatic carbocycles. The number of nitrogens with zero attached hydrogens (tertiary/aromatic N) is 1. The van der Waals surface area contributed by atoms with Gasteiger partial charge in [0, 0.05) is 35.9 Å². The van der Waals surface area contributed by atoms with E-state index in [1.54, 1.807) is 4.90 Å². The molecule has 2 aromatic carbocycles. The molecule has 27 heavy (non-hydrogen) atoms. The summed E-state index contributed by atoms with van der Waals surface area (Å²) in [4.78, 5) is 13.8. The molecule has 0 aromatic heterocycles. The van der Waals surface area contributed by atoms with Gasteiger partial charge in [0.1, 0.15) is 0 Å². The largest absolute Gasteiger partial charge is 0.416 e. The highest BCUT2D eigenvalue weighted by Crippen LogP contribution is 2.30. The Morgan fingerprint density at radius 1 is 1.15 bits per heavy atom. The van der Waals surface area contributed by atoms with Crippen LogP contribution in [0.2, 0.25) is 5.02 Å². The van der Waals surface area contributed by atoms with Crippen molar-refractivity contribution in [1.82, 2.24) is 10.2 Å². The number of carbonyl (C=O) groups excluding carboxylic acids is 1. The first kappa shape index (κ1) is 19.5. The van der Waals surface area contributed by atoms with Gasteiger partial charge in [-0.1, -0.05) is 29.8 Å². The molecule has 144 valence electrons. The van der Waals surface area contributed by atoms with Gasteiger partial charge in [-0.3, -0.25) is 0 Å². The van der Waals surface area contributed by atoms with E-state index < -0.39 is 11.7 Å². The van der Waals surface area contributed by atoms with Gasteiger partial charge in [-0.2, -0.15) is 13.2 Å². The number of urea groups is 1. The zero-order chi connectivity index (χ0) is 19.6. The number of amides is 2. The lowest BCUT2D eigenvalue weighted by Gasteiger charge is -2.41. The lowest BCUT2D eigenvalue weighted by atomic mass is 10.0. The molecule has 0 radical (unpaired) electrons. The van der Waals surface area contributed by atoms with Crippen LogP contribution in [0.3, 0.4) is 0 Å². The van der Waals surface area contributed by atoms with E-state index >= 15 is 0 Å². The van der Waals surface area contributed by atoms with E-state index in [1.807, 2.05) is 31.2 Å². The van der Waals surface area contributed by atoms with Gasteiger partial charge in [-0.05, 0) is 42.8 Å². The van der Waals surface area contributed by atoms with Crippen molar-refractivity contribution in [3.05, 3.63) is 64.7 Å². The average Bonchev–Trinajstić information content (AvgIpc) is 2.57. The Kier molecular flexibility index (Phi) is 5.62. The summed E-state index contributed by atoms with van der Waals surface area (Å²) < 4.78 is 37.7. The fourth-order valence-corrected chi connectivity index (χ4v) is 3.26. The number of nitrogens with one attached hydrogen (secondary N) is 2. The first-order valence-corrected chi connectivity index (χ1v) is 8.85. The second-order valence-corrected chi connectivity index (χ2v) is 6.92. The molecule has 1 saturated heterocycles. The highest BCUT2D eigenvalue weighted by molar-refractivity contribution is 6.31. The van der Waals surface area contributed by atoms with Gasteiger partial charge in [-0.25, -0.2) is 4.79 Å². The van der Waals surface area contributed by atoms with Gasteiger partial charge < -0.3 is 15.5 Å². The van der Waals surface area contributed by atoms with Crippen molar-refractivity contribution >= 4 is 23.3 Å². The Morgan fingerprint density at radius 3 is 2.37 bits per heavy atom.